The number of rotatable bonds is 4. The molecule has 0 spiro atoms. The number of halogens is 1. The van der Waals surface area contributed by atoms with Crippen molar-refractivity contribution < 1.29 is 0 Å². The number of nitrogens with one attached hydrogen (secondary N) is 1. The third kappa shape index (κ3) is 4.37. The van der Waals surface area contributed by atoms with Crippen LogP contribution in [-0.4, -0.2) is 9.97 Å². The molecule has 0 unspecified atom stereocenters. The van der Waals surface area contributed by atoms with Gasteiger partial charge in [-0.05, 0) is 65.5 Å². The summed E-state index contributed by atoms with van der Waals surface area (Å²) in [6, 6.07) is 31.7. The molecule has 0 radical (unpaired) electrons. The molecule has 0 saturated heterocycles. The van der Waals surface area contributed by atoms with Crippen LogP contribution in [0.15, 0.2) is 120 Å². The van der Waals surface area contributed by atoms with E-state index in [2.05, 4.69) is 97.3 Å². The van der Waals surface area contributed by atoms with Crippen molar-refractivity contribution in [1.29, 1.82) is 0 Å². The van der Waals surface area contributed by atoms with Gasteiger partial charge in [0.25, 0.3) is 0 Å². The van der Waals surface area contributed by atoms with E-state index in [0.29, 0.717) is 5.82 Å². The highest BCUT2D eigenvalue weighted by atomic mass is 79.9. The predicted molar refractivity (Wildman–Crippen MR) is 165 cm³/mol. The maximum Gasteiger partial charge on any atom is 0.222 e. The summed E-state index contributed by atoms with van der Waals surface area (Å²) >= 11 is 9.02. The molecule has 0 saturated carbocycles. The molecule has 1 aliphatic rings. The maximum absolute atomic E-state index is 6.07. The SMILES string of the molecule is Nc1nc(Nc2cccc(Br)c2)c2cc(-c3ccsc3-c3cccc4c3Sc3ccccc3S4)ccc2n1. The first-order valence-corrected chi connectivity index (χ1v) is 15.2. The summed E-state index contributed by atoms with van der Waals surface area (Å²) in [4.78, 5) is 15.5. The average molecular weight is 612 g/mol. The van der Waals surface area contributed by atoms with Crippen molar-refractivity contribution in [2.75, 3.05) is 11.1 Å². The van der Waals surface area contributed by atoms with Crippen molar-refractivity contribution in [3.05, 3.63) is 101 Å². The van der Waals surface area contributed by atoms with E-state index in [-0.39, 0.29) is 5.95 Å². The molecule has 1 aliphatic heterocycles. The number of nitrogens with two attached hydrogens (primary N) is 1. The zero-order valence-corrected chi connectivity index (χ0v) is 23.8. The molecule has 3 heterocycles. The lowest BCUT2D eigenvalue weighted by molar-refractivity contribution is 1.16. The molecule has 0 amide bonds. The summed E-state index contributed by atoms with van der Waals surface area (Å²) in [7, 11) is 0. The van der Waals surface area contributed by atoms with Gasteiger partial charge >= 0.3 is 0 Å². The lowest BCUT2D eigenvalue weighted by Gasteiger charge is -2.21. The van der Waals surface area contributed by atoms with Crippen molar-refractivity contribution in [3.63, 3.8) is 0 Å². The van der Waals surface area contributed by atoms with Crippen molar-refractivity contribution in [2.45, 2.75) is 19.6 Å². The second-order valence-corrected chi connectivity index (χ2v) is 12.7. The molecule has 7 rings (SSSR count). The third-order valence-electron chi connectivity index (χ3n) is 6.28. The molecule has 8 heteroatoms. The van der Waals surface area contributed by atoms with Crippen LogP contribution < -0.4 is 11.1 Å². The highest BCUT2D eigenvalue weighted by Gasteiger charge is 2.22. The van der Waals surface area contributed by atoms with Crippen molar-refractivity contribution >= 4 is 79.1 Å². The van der Waals surface area contributed by atoms with E-state index < -0.39 is 0 Å². The highest BCUT2D eigenvalue weighted by molar-refractivity contribution is 9.10. The number of aromatic nitrogens is 2. The zero-order valence-electron chi connectivity index (χ0n) is 19.8. The van der Waals surface area contributed by atoms with E-state index in [1.807, 2.05) is 53.9 Å². The number of hydrogen-bond acceptors (Lipinski definition) is 7. The number of thiophene rings is 1. The van der Waals surface area contributed by atoms with E-state index in [0.717, 1.165) is 26.6 Å². The normalized spacial score (nSPS) is 12.2. The van der Waals surface area contributed by atoms with Gasteiger partial charge in [0, 0.05) is 51.1 Å². The average Bonchev–Trinajstić information content (AvgIpc) is 3.41. The number of nitrogens with zero attached hydrogens (tertiary/aromatic N) is 2. The number of nitrogen functional groups attached to an aromatic ring is 1. The zero-order chi connectivity index (χ0) is 25.6. The minimum Gasteiger partial charge on any atom is -0.368 e. The van der Waals surface area contributed by atoms with E-state index >= 15 is 0 Å². The van der Waals surface area contributed by atoms with Gasteiger partial charge in [-0.1, -0.05) is 75.9 Å². The summed E-state index contributed by atoms with van der Waals surface area (Å²) in [5, 5.41) is 6.52. The largest absolute Gasteiger partial charge is 0.368 e. The molecule has 3 N–H and O–H groups in total. The first-order chi connectivity index (χ1) is 18.6. The van der Waals surface area contributed by atoms with Gasteiger partial charge in [0.05, 0.1) is 5.52 Å². The second kappa shape index (κ2) is 9.78. The van der Waals surface area contributed by atoms with Crippen LogP contribution in [0.3, 0.4) is 0 Å². The van der Waals surface area contributed by atoms with Crippen molar-refractivity contribution in [1.82, 2.24) is 9.97 Å². The lowest BCUT2D eigenvalue weighted by atomic mass is 10.0. The Balaban J connectivity index is 1.33. The fraction of sp³-hybridized carbons (Fsp3) is 0. The molecule has 184 valence electrons. The summed E-state index contributed by atoms with van der Waals surface area (Å²) in [5.74, 6) is 0.926. The number of benzene rings is 4. The molecule has 0 fully saturated rings. The van der Waals surface area contributed by atoms with E-state index in [4.69, 9.17) is 5.73 Å². The Hall–Kier alpha value is -3.30. The van der Waals surface area contributed by atoms with Crippen LogP contribution in [0, 0.1) is 0 Å². The lowest BCUT2D eigenvalue weighted by Crippen LogP contribution is -2.01. The Bertz CT molecular complexity index is 1850. The maximum atomic E-state index is 6.07. The summed E-state index contributed by atoms with van der Waals surface area (Å²) in [6.45, 7) is 0. The number of hydrogen-bond donors (Lipinski definition) is 2. The molecule has 0 aliphatic carbocycles. The van der Waals surface area contributed by atoms with E-state index in [1.165, 1.54) is 35.6 Å². The van der Waals surface area contributed by atoms with E-state index in [1.54, 1.807) is 11.3 Å². The minimum atomic E-state index is 0.240. The highest BCUT2D eigenvalue weighted by Crippen LogP contribution is 2.53. The number of anilines is 3. The first-order valence-electron chi connectivity index (χ1n) is 11.9. The van der Waals surface area contributed by atoms with E-state index in [9.17, 15) is 0 Å². The van der Waals surface area contributed by atoms with Gasteiger partial charge in [0.15, 0.2) is 0 Å². The quantitative estimate of drug-likeness (QED) is 0.207. The Morgan fingerprint density at radius 2 is 1.55 bits per heavy atom. The van der Waals surface area contributed by atoms with Crippen LogP contribution >= 0.6 is 50.8 Å². The number of fused-ring (bicyclic) bond motifs is 3. The standard InChI is InChI=1S/C30H19BrN4S3/c31-18-5-3-6-19(16-18)33-29-22-15-17(11-12-23(22)34-30(32)35-29)20-13-14-36-27(20)21-7-4-10-26-28(21)38-25-9-2-1-8-24(25)37-26/h1-16H,(H3,32,33,34,35). The van der Waals surface area contributed by atoms with Crippen LogP contribution in [0.4, 0.5) is 17.5 Å². The van der Waals surface area contributed by atoms with Gasteiger partial charge < -0.3 is 11.1 Å². The predicted octanol–water partition coefficient (Wildman–Crippen LogP) is 9.73. The summed E-state index contributed by atoms with van der Waals surface area (Å²) in [5.41, 5.74) is 11.4. The molecule has 0 bridgehead atoms. The first kappa shape index (κ1) is 23.8. The van der Waals surface area contributed by atoms with Crippen LogP contribution in [0.1, 0.15) is 0 Å². The molecule has 38 heavy (non-hydrogen) atoms. The Morgan fingerprint density at radius 3 is 2.42 bits per heavy atom. The Kier molecular flexibility index (Phi) is 6.12. The van der Waals surface area contributed by atoms with Crippen molar-refractivity contribution in [2.24, 2.45) is 0 Å². The molecule has 0 atom stereocenters. The van der Waals surface area contributed by atoms with Crippen LogP contribution in [0.5, 0.6) is 0 Å². The van der Waals surface area contributed by atoms with Crippen LogP contribution in [-0.2, 0) is 0 Å². The van der Waals surface area contributed by atoms with Crippen LogP contribution in [0.2, 0.25) is 0 Å². The molecule has 4 nitrogen and oxygen atoms in total. The summed E-state index contributed by atoms with van der Waals surface area (Å²) in [6.07, 6.45) is 0. The van der Waals surface area contributed by atoms with Crippen molar-refractivity contribution in [3.8, 4) is 21.6 Å². The monoisotopic (exact) mass is 610 g/mol. The molecular weight excluding hydrogens is 592 g/mol. The molecular formula is C30H19BrN4S3. The fourth-order valence-corrected chi connectivity index (χ4v) is 8.38. The third-order valence-corrected chi connectivity index (χ3v) is 10.3. The molecule has 6 aromatic rings. The van der Waals surface area contributed by atoms with Gasteiger partial charge in [0.2, 0.25) is 5.95 Å². The second-order valence-electron chi connectivity index (χ2n) is 8.74. The minimum absolute atomic E-state index is 0.240. The van der Waals surface area contributed by atoms with Crippen LogP contribution in [0.25, 0.3) is 32.5 Å². The Morgan fingerprint density at radius 1 is 0.737 bits per heavy atom. The smallest absolute Gasteiger partial charge is 0.222 e. The van der Waals surface area contributed by atoms with Gasteiger partial charge in [-0.15, -0.1) is 11.3 Å². The van der Waals surface area contributed by atoms with Gasteiger partial charge in [0.1, 0.15) is 5.82 Å². The van der Waals surface area contributed by atoms with Gasteiger partial charge in [-0.3, -0.25) is 0 Å². The Labute approximate surface area is 240 Å². The molecule has 2 aromatic heterocycles. The topological polar surface area (TPSA) is 63.8 Å². The van der Waals surface area contributed by atoms with Gasteiger partial charge in [-0.25, -0.2) is 4.98 Å². The molecule has 4 aromatic carbocycles. The summed E-state index contributed by atoms with van der Waals surface area (Å²) < 4.78 is 0.988. The van der Waals surface area contributed by atoms with Gasteiger partial charge in [-0.2, -0.15) is 4.98 Å². The fourth-order valence-electron chi connectivity index (χ4n) is 4.58.